The van der Waals surface area contributed by atoms with Crippen LogP contribution in [0.1, 0.15) is 12.0 Å². The Morgan fingerprint density at radius 2 is 2.00 bits per heavy atom. The Morgan fingerprint density at radius 1 is 1.23 bits per heavy atom. The SMILES string of the molecule is FC1(F)CCc2ccccc2NC1. The van der Waals surface area contributed by atoms with E-state index in [9.17, 15) is 8.78 Å². The van der Waals surface area contributed by atoms with Gasteiger partial charge < -0.3 is 5.32 Å². The third kappa shape index (κ3) is 1.79. The van der Waals surface area contributed by atoms with Gasteiger partial charge >= 0.3 is 0 Å². The van der Waals surface area contributed by atoms with Gasteiger partial charge in [-0.15, -0.1) is 0 Å². The van der Waals surface area contributed by atoms with E-state index < -0.39 is 5.92 Å². The van der Waals surface area contributed by atoms with E-state index >= 15 is 0 Å². The summed E-state index contributed by atoms with van der Waals surface area (Å²) in [6.45, 7) is -0.246. The Hall–Kier alpha value is -1.12. The molecule has 0 aromatic heterocycles. The van der Waals surface area contributed by atoms with Gasteiger partial charge in [0.25, 0.3) is 5.92 Å². The second-order valence-electron chi connectivity index (χ2n) is 3.37. The molecule has 3 heteroatoms. The van der Waals surface area contributed by atoms with Crippen LogP contribution in [0.4, 0.5) is 14.5 Å². The number of fused-ring (bicyclic) bond motifs is 1. The number of nitrogens with one attached hydrogen (secondary N) is 1. The lowest BCUT2D eigenvalue weighted by Crippen LogP contribution is -2.25. The number of rotatable bonds is 0. The van der Waals surface area contributed by atoms with Gasteiger partial charge in [0.2, 0.25) is 0 Å². The minimum Gasteiger partial charge on any atom is -0.379 e. The van der Waals surface area contributed by atoms with Crippen LogP contribution < -0.4 is 5.32 Å². The minimum absolute atomic E-state index is 0.0585. The lowest BCUT2D eigenvalue weighted by molar-refractivity contribution is 0.00842. The maximum atomic E-state index is 13.0. The standard InChI is InChI=1S/C10H11F2N/c11-10(12)6-5-8-3-1-2-4-9(8)13-7-10/h1-4,13H,5-7H2. The predicted octanol–water partition coefficient (Wildman–Crippen LogP) is 2.68. The van der Waals surface area contributed by atoms with Gasteiger partial charge in [-0.05, 0) is 18.1 Å². The highest BCUT2D eigenvalue weighted by atomic mass is 19.3. The molecule has 0 saturated heterocycles. The summed E-state index contributed by atoms with van der Waals surface area (Å²) in [5.41, 5.74) is 1.83. The summed E-state index contributed by atoms with van der Waals surface area (Å²) in [4.78, 5) is 0. The van der Waals surface area contributed by atoms with Gasteiger partial charge in [0, 0.05) is 12.1 Å². The van der Waals surface area contributed by atoms with E-state index in [1.807, 2.05) is 24.3 Å². The lowest BCUT2D eigenvalue weighted by Gasteiger charge is -2.12. The Morgan fingerprint density at radius 3 is 2.85 bits per heavy atom. The summed E-state index contributed by atoms with van der Waals surface area (Å²) in [5, 5.41) is 2.77. The zero-order chi connectivity index (χ0) is 9.31. The normalized spacial score (nSPS) is 19.8. The lowest BCUT2D eigenvalue weighted by atomic mass is 10.1. The molecule has 13 heavy (non-hydrogen) atoms. The first-order valence-electron chi connectivity index (χ1n) is 4.37. The van der Waals surface area contributed by atoms with Gasteiger partial charge in [0.1, 0.15) is 0 Å². The average molecular weight is 183 g/mol. The molecule has 0 spiro atoms. The monoisotopic (exact) mass is 183 g/mol. The van der Waals surface area contributed by atoms with Crippen molar-refractivity contribution in [1.29, 1.82) is 0 Å². The molecule has 0 aliphatic carbocycles. The van der Waals surface area contributed by atoms with Crippen molar-refractivity contribution in [2.75, 3.05) is 11.9 Å². The van der Waals surface area contributed by atoms with Crippen LogP contribution >= 0.6 is 0 Å². The van der Waals surface area contributed by atoms with Crippen LogP contribution in [0.25, 0.3) is 0 Å². The highest BCUT2D eigenvalue weighted by Gasteiger charge is 2.30. The maximum absolute atomic E-state index is 13.0. The van der Waals surface area contributed by atoms with Crippen LogP contribution in [-0.4, -0.2) is 12.5 Å². The number of para-hydroxylation sites is 1. The van der Waals surface area contributed by atoms with Crippen molar-refractivity contribution in [3.8, 4) is 0 Å². The van der Waals surface area contributed by atoms with E-state index in [4.69, 9.17) is 0 Å². The molecule has 0 radical (unpaired) electrons. The fourth-order valence-electron chi connectivity index (χ4n) is 1.54. The third-order valence-corrected chi connectivity index (χ3v) is 2.31. The summed E-state index contributed by atoms with van der Waals surface area (Å²) < 4.78 is 25.9. The number of benzene rings is 1. The third-order valence-electron chi connectivity index (χ3n) is 2.31. The first-order chi connectivity index (χ1) is 6.17. The summed E-state index contributed by atoms with van der Waals surface area (Å²) in [5.74, 6) is -2.57. The van der Waals surface area contributed by atoms with Crippen molar-refractivity contribution >= 4 is 5.69 Å². The second-order valence-corrected chi connectivity index (χ2v) is 3.37. The van der Waals surface area contributed by atoms with Crippen molar-refractivity contribution in [3.05, 3.63) is 29.8 Å². The fourth-order valence-corrected chi connectivity index (χ4v) is 1.54. The number of alkyl halides is 2. The van der Waals surface area contributed by atoms with E-state index in [0.717, 1.165) is 11.3 Å². The van der Waals surface area contributed by atoms with Gasteiger partial charge in [0.05, 0.1) is 6.54 Å². The minimum atomic E-state index is -2.57. The molecule has 70 valence electrons. The summed E-state index contributed by atoms with van der Waals surface area (Å²) >= 11 is 0. The van der Waals surface area contributed by atoms with E-state index in [0.29, 0.717) is 6.42 Å². The molecule has 0 atom stereocenters. The highest BCUT2D eigenvalue weighted by Crippen LogP contribution is 2.28. The van der Waals surface area contributed by atoms with Crippen LogP contribution in [0, 0.1) is 0 Å². The number of hydrogen-bond acceptors (Lipinski definition) is 1. The van der Waals surface area contributed by atoms with Crippen molar-refractivity contribution in [2.45, 2.75) is 18.8 Å². The smallest absolute Gasteiger partial charge is 0.265 e. The second kappa shape index (κ2) is 2.98. The molecule has 0 bridgehead atoms. The highest BCUT2D eigenvalue weighted by molar-refractivity contribution is 5.52. The summed E-state index contributed by atoms with van der Waals surface area (Å²) in [6.07, 6.45) is 0.396. The Bertz CT molecular complexity index is 281. The van der Waals surface area contributed by atoms with E-state index in [1.54, 1.807) is 0 Å². The first kappa shape index (κ1) is 8.48. The van der Waals surface area contributed by atoms with Crippen molar-refractivity contribution < 1.29 is 8.78 Å². The van der Waals surface area contributed by atoms with Crippen molar-refractivity contribution in [2.24, 2.45) is 0 Å². The molecule has 1 aliphatic heterocycles. The van der Waals surface area contributed by atoms with Crippen LogP contribution in [0.3, 0.4) is 0 Å². The van der Waals surface area contributed by atoms with Crippen LogP contribution in [0.2, 0.25) is 0 Å². The quantitative estimate of drug-likeness (QED) is 0.652. The number of aryl methyl sites for hydroxylation is 1. The van der Waals surface area contributed by atoms with Gasteiger partial charge in [-0.1, -0.05) is 18.2 Å². The van der Waals surface area contributed by atoms with Crippen LogP contribution in [-0.2, 0) is 6.42 Å². The number of halogens is 2. The molecule has 1 aliphatic rings. The predicted molar refractivity (Wildman–Crippen MR) is 48.2 cm³/mol. The Labute approximate surface area is 75.8 Å². The molecule has 2 rings (SSSR count). The van der Waals surface area contributed by atoms with E-state index in [2.05, 4.69) is 5.32 Å². The largest absolute Gasteiger partial charge is 0.379 e. The molecule has 0 unspecified atom stereocenters. The number of anilines is 1. The van der Waals surface area contributed by atoms with Crippen LogP contribution in [0.15, 0.2) is 24.3 Å². The zero-order valence-corrected chi connectivity index (χ0v) is 7.19. The molecule has 0 fully saturated rings. The molecule has 1 aromatic carbocycles. The molecule has 1 aromatic rings. The average Bonchev–Trinajstić information content (AvgIpc) is 2.27. The molecule has 0 saturated carbocycles. The van der Waals surface area contributed by atoms with Gasteiger partial charge in [0.15, 0.2) is 0 Å². The van der Waals surface area contributed by atoms with E-state index in [-0.39, 0.29) is 13.0 Å². The molecular weight excluding hydrogens is 172 g/mol. The Balaban J connectivity index is 2.27. The first-order valence-corrected chi connectivity index (χ1v) is 4.37. The topological polar surface area (TPSA) is 12.0 Å². The molecule has 1 nitrogen and oxygen atoms in total. The maximum Gasteiger partial charge on any atom is 0.265 e. The van der Waals surface area contributed by atoms with Gasteiger partial charge in [-0.3, -0.25) is 0 Å². The fraction of sp³-hybridized carbons (Fsp3) is 0.400. The molecule has 1 N–H and O–H groups in total. The number of hydrogen-bond donors (Lipinski definition) is 1. The molecule has 0 amide bonds. The van der Waals surface area contributed by atoms with Crippen LogP contribution in [0.5, 0.6) is 0 Å². The van der Waals surface area contributed by atoms with Gasteiger partial charge in [-0.25, -0.2) is 8.78 Å². The van der Waals surface area contributed by atoms with Gasteiger partial charge in [-0.2, -0.15) is 0 Å². The van der Waals surface area contributed by atoms with E-state index in [1.165, 1.54) is 0 Å². The van der Waals surface area contributed by atoms with Crippen molar-refractivity contribution in [1.82, 2.24) is 0 Å². The molecule has 1 heterocycles. The zero-order valence-electron chi connectivity index (χ0n) is 7.19. The van der Waals surface area contributed by atoms with Crippen molar-refractivity contribution in [3.63, 3.8) is 0 Å². The summed E-state index contributed by atoms with van der Waals surface area (Å²) in [6, 6.07) is 7.47. The summed E-state index contributed by atoms with van der Waals surface area (Å²) in [7, 11) is 0. The Kier molecular flexibility index (Phi) is 1.94. The molecular formula is C10H11F2N.